The summed E-state index contributed by atoms with van der Waals surface area (Å²) in [6.07, 6.45) is 6.45. The van der Waals surface area contributed by atoms with Crippen LogP contribution in [0.15, 0.2) is 72.9 Å². The van der Waals surface area contributed by atoms with E-state index in [-0.39, 0.29) is 24.4 Å². The third kappa shape index (κ3) is 5.04. The molecule has 2 amide bonds. The number of rotatable bonds is 6. The summed E-state index contributed by atoms with van der Waals surface area (Å²) in [5, 5.41) is 3.00. The summed E-state index contributed by atoms with van der Waals surface area (Å²) >= 11 is 0. The molecule has 180 valence electrons. The molecule has 1 aromatic heterocycles. The molecule has 35 heavy (non-hydrogen) atoms. The quantitative estimate of drug-likeness (QED) is 0.541. The van der Waals surface area contributed by atoms with Gasteiger partial charge >= 0.3 is 0 Å². The number of benzene rings is 2. The zero-order valence-corrected chi connectivity index (χ0v) is 19.4. The molecule has 6 nitrogen and oxygen atoms in total. The highest BCUT2D eigenvalue weighted by Crippen LogP contribution is 2.40. The van der Waals surface area contributed by atoms with Crippen molar-refractivity contribution in [2.45, 2.75) is 50.7 Å². The first-order valence-electron chi connectivity index (χ1n) is 12.1. The van der Waals surface area contributed by atoms with Gasteiger partial charge in [-0.05, 0) is 55.5 Å². The van der Waals surface area contributed by atoms with Gasteiger partial charge < -0.3 is 15.0 Å². The fraction of sp³-hybridized carbons (Fsp3) is 0.321. The zero-order valence-electron chi connectivity index (χ0n) is 19.4. The van der Waals surface area contributed by atoms with E-state index in [9.17, 15) is 14.0 Å². The van der Waals surface area contributed by atoms with Crippen molar-refractivity contribution in [3.8, 4) is 11.6 Å². The Labute approximate surface area is 204 Å². The second-order valence-electron chi connectivity index (χ2n) is 9.19. The Balaban J connectivity index is 1.32. The van der Waals surface area contributed by atoms with Crippen LogP contribution in [0, 0.1) is 11.7 Å². The number of likely N-dealkylation sites (tertiary alicyclic amines) is 1. The minimum Gasteiger partial charge on any atom is -0.439 e. The number of amides is 2. The molecular formula is C28H28FN3O3. The number of fused-ring (bicyclic) bond motifs is 1. The van der Waals surface area contributed by atoms with Gasteiger partial charge in [-0.3, -0.25) is 9.59 Å². The maximum atomic E-state index is 13.6. The second kappa shape index (κ2) is 10.3. The molecule has 7 heteroatoms. The van der Waals surface area contributed by atoms with Crippen molar-refractivity contribution in [3.63, 3.8) is 0 Å². The first-order valence-corrected chi connectivity index (χ1v) is 12.1. The van der Waals surface area contributed by atoms with Crippen LogP contribution in [0.2, 0.25) is 0 Å². The van der Waals surface area contributed by atoms with Crippen LogP contribution in [0.25, 0.3) is 0 Å². The van der Waals surface area contributed by atoms with Gasteiger partial charge in [0.1, 0.15) is 17.6 Å². The smallest absolute Gasteiger partial charge is 0.254 e. The molecule has 2 heterocycles. The molecule has 2 fully saturated rings. The van der Waals surface area contributed by atoms with E-state index in [1.807, 2.05) is 29.2 Å². The fourth-order valence-electron chi connectivity index (χ4n) is 5.31. The van der Waals surface area contributed by atoms with Crippen LogP contribution < -0.4 is 10.1 Å². The molecule has 1 aliphatic heterocycles. The lowest BCUT2D eigenvalue weighted by molar-refractivity contribution is -0.125. The predicted molar refractivity (Wildman–Crippen MR) is 129 cm³/mol. The molecule has 3 aromatic rings. The number of nitrogens with zero attached hydrogens (tertiary/aromatic N) is 2. The number of carbonyl (C=O) groups excluding carboxylic acids is 2. The van der Waals surface area contributed by atoms with E-state index in [0.29, 0.717) is 35.1 Å². The molecule has 1 N–H and O–H groups in total. The highest BCUT2D eigenvalue weighted by atomic mass is 19.1. The standard InChI is InChI=1S/C28H28FN3O3/c29-22-12-6-13-23(17-22)35-27-21(11-7-15-30-27)18-31-26(33)25-16-20-10-4-5-14-24(20)32(25)28(34)19-8-2-1-3-9-19/h1-3,6-9,11-13,15,17,20,24-25H,4-5,10,14,16,18H2,(H,31,33). The van der Waals surface area contributed by atoms with Gasteiger partial charge in [0.25, 0.3) is 5.91 Å². The average Bonchev–Trinajstić information content (AvgIpc) is 3.28. The lowest BCUT2D eigenvalue weighted by atomic mass is 9.84. The van der Waals surface area contributed by atoms with E-state index in [1.165, 1.54) is 12.1 Å². The van der Waals surface area contributed by atoms with Crippen LogP contribution in [0.3, 0.4) is 0 Å². The summed E-state index contributed by atoms with van der Waals surface area (Å²) in [5.74, 6) is 0.309. The Kier molecular flexibility index (Phi) is 6.75. The minimum absolute atomic E-state index is 0.0864. The van der Waals surface area contributed by atoms with E-state index >= 15 is 0 Å². The Hall–Kier alpha value is -3.74. The van der Waals surface area contributed by atoms with Gasteiger partial charge in [-0.15, -0.1) is 0 Å². The van der Waals surface area contributed by atoms with Gasteiger partial charge in [0, 0.05) is 36.0 Å². The molecular weight excluding hydrogens is 445 g/mol. The van der Waals surface area contributed by atoms with Crippen molar-refractivity contribution in [1.29, 1.82) is 0 Å². The summed E-state index contributed by atoms with van der Waals surface area (Å²) in [6.45, 7) is 0.191. The molecule has 1 saturated heterocycles. The topological polar surface area (TPSA) is 71.5 Å². The maximum absolute atomic E-state index is 13.6. The first kappa shape index (κ1) is 23.0. The van der Waals surface area contributed by atoms with E-state index in [1.54, 1.807) is 36.5 Å². The lowest BCUT2D eigenvalue weighted by Crippen LogP contribution is -2.49. The Morgan fingerprint density at radius 1 is 1.03 bits per heavy atom. The Bertz CT molecular complexity index is 1200. The van der Waals surface area contributed by atoms with Gasteiger partial charge in [0.2, 0.25) is 11.8 Å². The molecule has 3 unspecified atom stereocenters. The van der Waals surface area contributed by atoms with Gasteiger partial charge in [-0.2, -0.15) is 0 Å². The third-order valence-electron chi connectivity index (χ3n) is 6.96. The zero-order chi connectivity index (χ0) is 24.2. The predicted octanol–water partition coefficient (Wildman–Crippen LogP) is 5.10. The van der Waals surface area contributed by atoms with Crippen molar-refractivity contribution in [1.82, 2.24) is 15.2 Å². The lowest BCUT2D eigenvalue weighted by Gasteiger charge is -2.33. The van der Waals surface area contributed by atoms with E-state index in [4.69, 9.17) is 4.74 Å². The first-order chi connectivity index (χ1) is 17.1. The highest BCUT2D eigenvalue weighted by molar-refractivity contribution is 5.98. The van der Waals surface area contributed by atoms with Crippen LogP contribution in [-0.2, 0) is 11.3 Å². The molecule has 2 aromatic carbocycles. The van der Waals surface area contributed by atoms with Crippen LogP contribution >= 0.6 is 0 Å². The summed E-state index contributed by atoms with van der Waals surface area (Å²) < 4.78 is 19.3. The summed E-state index contributed by atoms with van der Waals surface area (Å²) in [4.78, 5) is 32.9. The van der Waals surface area contributed by atoms with Gasteiger partial charge in [0.05, 0.1) is 0 Å². The highest BCUT2D eigenvalue weighted by Gasteiger charge is 2.47. The molecule has 1 saturated carbocycles. The maximum Gasteiger partial charge on any atom is 0.254 e. The number of halogens is 1. The van der Waals surface area contributed by atoms with Crippen LogP contribution in [0.1, 0.15) is 48.0 Å². The van der Waals surface area contributed by atoms with Gasteiger partial charge in [0.15, 0.2) is 0 Å². The number of ether oxygens (including phenoxy) is 1. The van der Waals surface area contributed by atoms with Gasteiger partial charge in [-0.25, -0.2) is 9.37 Å². The average molecular weight is 474 g/mol. The van der Waals surface area contributed by atoms with Crippen molar-refractivity contribution in [2.24, 2.45) is 5.92 Å². The number of aromatic nitrogens is 1. The van der Waals surface area contributed by atoms with E-state index < -0.39 is 11.9 Å². The van der Waals surface area contributed by atoms with Crippen molar-refractivity contribution in [3.05, 3.63) is 89.9 Å². The van der Waals surface area contributed by atoms with Crippen LogP contribution in [0.4, 0.5) is 4.39 Å². The summed E-state index contributed by atoms with van der Waals surface area (Å²) in [5.41, 5.74) is 1.27. The van der Waals surface area contributed by atoms with Crippen LogP contribution in [0.5, 0.6) is 11.6 Å². The fourth-order valence-corrected chi connectivity index (χ4v) is 5.31. The number of hydrogen-bond donors (Lipinski definition) is 1. The normalized spacial score (nSPS) is 21.3. The molecule has 3 atom stereocenters. The number of pyridine rings is 1. The third-order valence-corrected chi connectivity index (χ3v) is 6.96. The molecule has 0 radical (unpaired) electrons. The SMILES string of the molecule is O=C(NCc1cccnc1Oc1cccc(F)c1)C1CC2CCCCC2N1C(=O)c1ccccc1. The van der Waals surface area contributed by atoms with Gasteiger partial charge in [-0.1, -0.05) is 43.2 Å². The monoisotopic (exact) mass is 473 g/mol. The molecule has 0 bridgehead atoms. The molecule has 5 rings (SSSR count). The number of carbonyl (C=O) groups is 2. The largest absolute Gasteiger partial charge is 0.439 e. The van der Waals surface area contributed by atoms with E-state index in [0.717, 1.165) is 25.7 Å². The van der Waals surface area contributed by atoms with Crippen LogP contribution in [-0.4, -0.2) is 33.8 Å². The Morgan fingerprint density at radius 2 is 1.86 bits per heavy atom. The van der Waals surface area contributed by atoms with Crippen molar-refractivity contribution in [2.75, 3.05) is 0 Å². The second-order valence-corrected chi connectivity index (χ2v) is 9.19. The minimum atomic E-state index is -0.514. The number of nitrogens with one attached hydrogen (secondary N) is 1. The molecule has 2 aliphatic rings. The van der Waals surface area contributed by atoms with Crippen molar-refractivity contribution >= 4 is 11.8 Å². The van der Waals surface area contributed by atoms with Crippen molar-refractivity contribution < 1.29 is 18.7 Å². The molecule has 0 spiro atoms. The Morgan fingerprint density at radius 3 is 2.69 bits per heavy atom. The number of hydrogen-bond acceptors (Lipinski definition) is 4. The summed E-state index contributed by atoms with van der Waals surface area (Å²) in [6, 6.07) is 18.2. The summed E-state index contributed by atoms with van der Waals surface area (Å²) in [7, 11) is 0. The molecule has 1 aliphatic carbocycles. The van der Waals surface area contributed by atoms with E-state index in [2.05, 4.69) is 10.3 Å².